The highest BCUT2D eigenvalue weighted by Gasteiger charge is 2.13. The van der Waals surface area contributed by atoms with Gasteiger partial charge in [-0.2, -0.15) is 0 Å². The summed E-state index contributed by atoms with van der Waals surface area (Å²) in [5.41, 5.74) is 2.47. The van der Waals surface area contributed by atoms with Crippen LogP contribution in [0.1, 0.15) is 15.9 Å². The van der Waals surface area contributed by atoms with Crippen LogP contribution in [0.25, 0.3) is 0 Å². The lowest BCUT2D eigenvalue weighted by Gasteiger charge is -2.18. The van der Waals surface area contributed by atoms with Gasteiger partial charge < -0.3 is 4.90 Å². The lowest BCUT2D eigenvalue weighted by molar-refractivity contribution is 0.0993. The Kier molecular flexibility index (Phi) is 3.68. The highest BCUT2D eigenvalue weighted by molar-refractivity contribution is 6.31. The zero-order valence-electron chi connectivity index (χ0n) is 10.4. The molecule has 0 aliphatic heterocycles. The molecule has 3 heteroatoms. The maximum Gasteiger partial charge on any atom is 0.258 e. The molecule has 0 atom stereocenters. The van der Waals surface area contributed by atoms with Crippen molar-refractivity contribution in [2.45, 2.75) is 6.92 Å². The summed E-state index contributed by atoms with van der Waals surface area (Å²) in [6.45, 7) is 1.92. The summed E-state index contributed by atoms with van der Waals surface area (Å²) in [6.07, 6.45) is 0. The van der Waals surface area contributed by atoms with E-state index in [0.717, 1.165) is 11.3 Å². The molecule has 0 bridgehead atoms. The van der Waals surface area contributed by atoms with Crippen LogP contribution in [0.3, 0.4) is 0 Å². The summed E-state index contributed by atoms with van der Waals surface area (Å²) in [5, 5.41) is 0.708. The number of hydrogen-bond acceptors (Lipinski definition) is 1. The molecule has 0 spiro atoms. The van der Waals surface area contributed by atoms with E-state index in [1.807, 2.05) is 49.4 Å². The Morgan fingerprint density at radius 1 is 1.11 bits per heavy atom. The van der Waals surface area contributed by atoms with Gasteiger partial charge in [0.2, 0.25) is 0 Å². The van der Waals surface area contributed by atoms with Gasteiger partial charge in [0.15, 0.2) is 0 Å². The van der Waals surface area contributed by atoms with Crippen molar-refractivity contribution in [2.75, 3.05) is 11.9 Å². The summed E-state index contributed by atoms with van der Waals surface area (Å²) in [6, 6.07) is 14.8. The van der Waals surface area contributed by atoms with E-state index in [2.05, 4.69) is 0 Å². The Hall–Kier alpha value is -1.80. The topological polar surface area (TPSA) is 20.3 Å². The number of amides is 1. The van der Waals surface area contributed by atoms with Crippen LogP contribution in [0.4, 0.5) is 5.69 Å². The van der Waals surface area contributed by atoms with Crippen LogP contribution >= 0.6 is 11.6 Å². The number of rotatable bonds is 2. The van der Waals surface area contributed by atoms with E-state index in [1.54, 1.807) is 18.0 Å². The van der Waals surface area contributed by atoms with E-state index in [-0.39, 0.29) is 5.91 Å². The summed E-state index contributed by atoms with van der Waals surface area (Å²) < 4.78 is 0. The largest absolute Gasteiger partial charge is 0.311 e. The van der Waals surface area contributed by atoms with Gasteiger partial charge in [-0.3, -0.25) is 4.79 Å². The predicted octanol–water partition coefficient (Wildman–Crippen LogP) is 3.93. The van der Waals surface area contributed by atoms with E-state index >= 15 is 0 Å². The first-order valence-corrected chi connectivity index (χ1v) is 6.06. The highest BCUT2D eigenvalue weighted by atomic mass is 35.5. The van der Waals surface area contributed by atoms with Gasteiger partial charge in [-0.15, -0.1) is 0 Å². The average Bonchev–Trinajstić information content (AvgIpc) is 2.41. The molecule has 0 N–H and O–H groups in total. The molecule has 0 saturated heterocycles. The van der Waals surface area contributed by atoms with Crippen molar-refractivity contribution in [3.05, 3.63) is 64.7 Å². The highest BCUT2D eigenvalue weighted by Crippen LogP contribution is 2.22. The van der Waals surface area contributed by atoms with Crippen molar-refractivity contribution in [1.82, 2.24) is 0 Å². The fraction of sp³-hybridized carbons (Fsp3) is 0.133. The third-order valence-electron chi connectivity index (χ3n) is 2.85. The predicted molar refractivity (Wildman–Crippen MR) is 75.4 cm³/mol. The van der Waals surface area contributed by atoms with Crippen LogP contribution in [-0.2, 0) is 0 Å². The Morgan fingerprint density at radius 3 is 2.39 bits per heavy atom. The van der Waals surface area contributed by atoms with Gasteiger partial charge in [0.05, 0.1) is 0 Å². The number of nitrogens with zero attached hydrogens (tertiary/aromatic N) is 1. The van der Waals surface area contributed by atoms with E-state index in [4.69, 9.17) is 11.6 Å². The molecule has 0 aliphatic carbocycles. The summed E-state index contributed by atoms with van der Waals surface area (Å²) in [7, 11) is 1.76. The van der Waals surface area contributed by atoms with Gasteiger partial charge in [0, 0.05) is 23.3 Å². The summed E-state index contributed by atoms with van der Waals surface area (Å²) >= 11 is 5.98. The standard InChI is InChI=1S/C15H14ClNO/c1-11-10-13(8-9-14(11)16)17(2)15(18)12-6-4-3-5-7-12/h3-10H,1-2H3. The van der Waals surface area contributed by atoms with Gasteiger partial charge in [0.25, 0.3) is 5.91 Å². The second-order valence-corrected chi connectivity index (χ2v) is 4.57. The Bertz CT molecular complexity index is 566. The second-order valence-electron chi connectivity index (χ2n) is 4.16. The Morgan fingerprint density at radius 2 is 1.78 bits per heavy atom. The quantitative estimate of drug-likeness (QED) is 0.800. The normalized spacial score (nSPS) is 10.2. The van der Waals surface area contributed by atoms with Crippen molar-refractivity contribution in [3.8, 4) is 0 Å². The first-order chi connectivity index (χ1) is 8.59. The molecule has 2 aromatic rings. The third kappa shape index (κ3) is 2.54. The molecule has 0 radical (unpaired) electrons. The zero-order valence-corrected chi connectivity index (χ0v) is 11.1. The molecule has 0 aliphatic rings. The van der Waals surface area contributed by atoms with E-state index in [9.17, 15) is 4.79 Å². The van der Waals surface area contributed by atoms with Gasteiger partial charge >= 0.3 is 0 Å². The van der Waals surface area contributed by atoms with Gasteiger partial charge in [-0.25, -0.2) is 0 Å². The van der Waals surface area contributed by atoms with Crippen LogP contribution in [0.5, 0.6) is 0 Å². The smallest absolute Gasteiger partial charge is 0.258 e. The SMILES string of the molecule is Cc1cc(N(C)C(=O)c2ccccc2)ccc1Cl. The average molecular weight is 260 g/mol. The second kappa shape index (κ2) is 5.23. The molecule has 2 rings (SSSR count). The monoisotopic (exact) mass is 259 g/mol. The molecule has 2 aromatic carbocycles. The van der Waals surface area contributed by atoms with Crippen molar-refractivity contribution in [2.24, 2.45) is 0 Å². The number of carbonyl (C=O) groups excluding carboxylic acids is 1. The third-order valence-corrected chi connectivity index (χ3v) is 3.28. The minimum absolute atomic E-state index is 0.0303. The lowest BCUT2D eigenvalue weighted by Crippen LogP contribution is -2.26. The molecule has 0 fully saturated rings. The summed E-state index contributed by atoms with van der Waals surface area (Å²) in [4.78, 5) is 13.9. The maximum absolute atomic E-state index is 12.2. The number of aryl methyl sites for hydroxylation is 1. The molecule has 0 aromatic heterocycles. The van der Waals surface area contributed by atoms with E-state index in [1.165, 1.54) is 0 Å². The minimum atomic E-state index is -0.0303. The number of carbonyl (C=O) groups is 1. The van der Waals surface area contributed by atoms with E-state index < -0.39 is 0 Å². The molecule has 0 saturated carbocycles. The van der Waals surface area contributed by atoms with E-state index in [0.29, 0.717) is 10.6 Å². The molecule has 1 amide bonds. The number of anilines is 1. The molecule has 92 valence electrons. The number of benzene rings is 2. The summed E-state index contributed by atoms with van der Waals surface area (Å²) in [5.74, 6) is -0.0303. The zero-order chi connectivity index (χ0) is 13.1. The van der Waals surface area contributed by atoms with Crippen molar-refractivity contribution in [1.29, 1.82) is 0 Å². The molecule has 18 heavy (non-hydrogen) atoms. The van der Waals surface area contributed by atoms with Crippen LogP contribution in [0, 0.1) is 6.92 Å². The number of hydrogen-bond donors (Lipinski definition) is 0. The molecule has 2 nitrogen and oxygen atoms in total. The first kappa shape index (κ1) is 12.7. The van der Waals surface area contributed by atoms with Gasteiger partial charge in [0.1, 0.15) is 0 Å². The molecule has 0 heterocycles. The Labute approximate surface area is 112 Å². The fourth-order valence-corrected chi connectivity index (χ4v) is 1.85. The van der Waals surface area contributed by atoms with Gasteiger partial charge in [-0.05, 0) is 42.8 Å². The van der Waals surface area contributed by atoms with Crippen LogP contribution in [0.15, 0.2) is 48.5 Å². The lowest BCUT2D eigenvalue weighted by atomic mass is 10.1. The van der Waals surface area contributed by atoms with Crippen LogP contribution < -0.4 is 4.90 Å². The van der Waals surface area contributed by atoms with Crippen LogP contribution in [0.2, 0.25) is 5.02 Å². The van der Waals surface area contributed by atoms with Crippen LogP contribution in [-0.4, -0.2) is 13.0 Å². The molecule has 0 unspecified atom stereocenters. The first-order valence-electron chi connectivity index (χ1n) is 5.69. The van der Waals surface area contributed by atoms with Crippen molar-refractivity contribution < 1.29 is 4.79 Å². The maximum atomic E-state index is 12.2. The van der Waals surface area contributed by atoms with Crippen molar-refractivity contribution in [3.63, 3.8) is 0 Å². The van der Waals surface area contributed by atoms with Crippen molar-refractivity contribution >= 4 is 23.2 Å². The Balaban J connectivity index is 2.28. The van der Waals surface area contributed by atoms with Gasteiger partial charge in [-0.1, -0.05) is 29.8 Å². The molecular formula is C15H14ClNO. The molecular weight excluding hydrogens is 246 g/mol. The minimum Gasteiger partial charge on any atom is -0.311 e. The number of halogens is 1. The fourth-order valence-electron chi connectivity index (χ4n) is 1.73.